The van der Waals surface area contributed by atoms with E-state index in [0.717, 1.165) is 12.0 Å². The van der Waals surface area contributed by atoms with Crippen LogP contribution in [0.25, 0.3) is 0 Å². The van der Waals surface area contributed by atoms with Gasteiger partial charge in [-0.2, -0.15) is 0 Å². The van der Waals surface area contributed by atoms with E-state index >= 15 is 0 Å². The fraction of sp³-hybridized carbons (Fsp3) is 0.600. The number of nitrogens with zero attached hydrogens (tertiary/aromatic N) is 1. The van der Waals surface area contributed by atoms with Crippen LogP contribution < -0.4 is 11.1 Å². The number of amides is 1. The quantitative estimate of drug-likeness (QED) is 0.238. The minimum atomic E-state index is -1.17. The number of aliphatic carboxylic acids is 1. The second-order valence-corrected chi connectivity index (χ2v) is 10.4. The number of thiocarbonyl (C=S) groups is 1. The standard InChI is InChI=1S/C25H38BN3O5S/c1-16(2)12-22(26(3)34)28-24(35)18(13-17-8-5-4-6-9-17)14-21(30)20-10-7-11-29(20)25(33)19(27)15-23(31)32/h4-6,8-9,16,18-20,22,34H,7,10-15,27H2,1-3H3,(H,28,35)(H,31,32)/t18-,19+,20+,22+/m1/s1. The van der Waals surface area contributed by atoms with Crippen LogP contribution in [0.15, 0.2) is 30.3 Å². The van der Waals surface area contributed by atoms with Crippen molar-refractivity contribution in [3.63, 3.8) is 0 Å². The summed E-state index contributed by atoms with van der Waals surface area (Å²) in [6, 6.07) is 7.95. The highest BCUT2D eigenvalue weighted by Gasteiger charge is 2.38. The van der Waals surface area contributed by atoms with Crippen LogP contribution in [-0.4, -0.2) is 69.2 Å². The number of carboxylic acid groups (broad SMARTS) is 1. The van der Waals surface area contributed by atoms with Gasteiger partial charge in [0, 0.05) is 24.8 Å². The third-order valence-electron chi connectivity index (χ3n) is 6.40. The molecule has 1 aromatic carbocycles. The van der Waals surface area contributed by atoms with Gasteiger partial charge in [0.05, 0.1) is 23.5 Å². The molecule has 1 saturated heterocycles. The molecule has 1 aromatic rings. The molecule has 10 heteroatoms. The van der Waals surface area contributed by atoms with Crippen LogP contribution >= 0.6 is 12.2 Å². The molecule has 0 aliphatic carbocycles. The van der Waals surface area contributed by atoms with Crippen LogP contribution in [0.2, 0.25) is 6.82 Å². The number of carbonyl (C=O) groups excluding carboxylic acids is 2. The fourth-order valence-corrected chi connectivity index (χ4v) is 4.89. The van der Waals surface area contributed by atoms with Crippen molar-refractivity contribution in [1.29, 1.82) is 0 Å². The molecule has 0 spiro atoms. The summed E-state index contributed by atoms with van der Waals surface area (Å²) >= 11 is 5.75. The van der Waals surface area contributed by atoms with Crippen molar-refractivity contribution in [3.8, 4) is 0 Å². The molecule has 0 bridgehead atoms. The molecule has 2 rings (SSSR count). The zero-order chi connectivity index (χ0) is 26.1. The van der Waals surface area contributed by atoms with E-state index in [1.165, 1.54) is 4.90 Å². The van der Waals surface area contributed by atoms with E-state index in [-0.39, 0.29) is 24.1 Å². The fourth-order valence-electron chi connectivity index (χ4n) is 4.57. The number of likely N-dealkylation sites (tertiary alicyclic amines) is 1. The van der Waals surface area contributed by atoms with Gasteiger partial charge in [-0.05, 0) is 37.2 Å². The summed E-state index contributed by atoms with van der Waals surface area (Å²) in [5, 5.41) is 22.5. The molecule has 35 heavy (non-hydrogen) atoms. The van der Waals surface area contributed by atoms with E-state index in [1.807, 2.05) is 30.3 Å². The molecule has 0 aromatic heterocycles. The van der Waals surface area contributed by atoms with Crippen molar-refractivity contribution in [1.82, 2.24) is 10.2 Å². The first-order valence-electron chi connectivity index (χ1n) is 12.3. The van der Waals surface area contributed by atoms with E-state index in [1.54, 1.807) is 6.82 Å². The van der Waals surface area contributed by atoms with Crippen molar-refractivity contribution in [2.24, 2.45) is 17.6 Å². The first-order chi connectivity index (χ1) is 16.5. The van der Waals surface area contributed by atoms with Crippen LogP contribution in [0.4, 0.5) is 0 Å². The molecule has 192 valence electrons. The lowest BCUT2D eigenvalue weighted by Gasteiger charge is -2.29. The Bertz CT molecular complexity index is 883. The smallest absolute Gasteiger partial charge is 0.308 e. The highest BCUT2D eigenvalue weighted by molar-refractivity contribution is 7.80. The maximum absolute atomic E-state index is 13.4. The van der Waals surface area contributed by atoms with Crippen molar-refractivity contribution in [2.75, 3.05) is 6.54 Å². The number of nitrogens with two attached hydrogens (primary N) is 1. The first kappa shape index (κ1) is 28.9. The lowest BCUT2D eigenvalue weighted by atomic mass is 9.61. The van der Waals surface area contributed by atoms with Gasteiger partial charge < -0.3 is 26.1 Å². The zero-order valence-corrected chi connectivity index (χ0v) is 21.7. The number of benzene rings is 1. The maximum atomic E-state index is 13.4. The Labute approximate surface area is 213 Å². The van der Waals surface area contributed by atoms with Gasteiger partial charge in [-0.3, -0.25) is 14.4 Å². The number of nitrogens with one attached hydrogen (secondary N) is 1. The lowest BCUT2D eigenvalue weighted by Crippen LogP contribution is -2.50. The van der Waals surface area contributed by atoms with Crippen molar-refractivity contribution in [2.45, 2.75) is 77.2 Å². The minimum absolute atomic E-state index is 0.110. The van der Waals surface area contributed by atoms with Crippen molar-refractivity contribution in [3.05, 3.63) is 35.9 Å². The maximum Gasteiger partial charge on any atom is 0.308 e. The number of ketones is 1. The normalized spacial score (nSPS) is 18.1. The molecule has 0 saturated carbocycles. The van der Waals surface area contributed by atoms with Crippen LogP contribution in [0.1, 0.15) is 51.5 Å². The summed E-state index contributed by atoms with van der Waals surface area (Å²) in [5.41, 5.74) is 6.83. The molecule has 1 fully saturated rings. The Hall–Kier alpha value is -2.30. The number of carboxylic acids is 1. The van der Waals surface area contributed by atoms with E-state index in [0.29, 0.717) is 36.7 Å². The molecule has 8 nitrogen and oxygen atoms in total. The van der Waals surface area contributed by atoms with Gasteiger partial charge in [-0.1, -0.05) is 63.2 Å². The molecule has 0 unspecified atom stereocenters. The van der Waals surface area contributed by atoms with Crippen LogP contribution in [0.5, 0.6) is 0 Å². The zero-order valence-electron chi connectivity index (χ0n) is 20.9. The van der Waals surface area contributed by atoms with E-state index < -0.39 is 37.3 Å². The summed E-state index contributed by atoms with van der Waals surface area (Å²) in [4.78, 5) is 39.1. The summed E-state index contributed by atoms with van der Waals surface area (Å²) in [6.07, 6.45) is 2.12. The largest absolute Gasteiger partial charge is 0.481 e. The summed E-state index contributed by atoms with van der Waals surface area (Å²) in [6.45, 7) is 5.65. The molecular formula is C25H38BN3O5S. The molecule has 5 N–H and O–H groups in total. The Kier molecular flexibility index (Phi) is 11.3. The monoisotopic (exact) mass is 503 g/mol. The third kappa shape index (κ3) is 9.02. The van der Waals surface area contributed by atoms with Gasteiger partial charge in [0.1, 0.15) is 0 Å². The topological polar surface area (TPSA) is 133 Å². The molecular weight excluding hydrogens is 465 g/mol. The molecule has 1 aliphatic heterocycles. The summed E-state index contributed by atoms with van der Waals surface area (Å²) < 4.78 is 0. The summed E-state index contributed by atoms with van der Waals surface area (Å²) in [7, 11) is 0. The summed E-state index contributed by atoms with van der Waals surface area (Å²) in [5.74, 6) is -1.95. The predicted molar refractivity (Wildman–Crippen MR) is 141 cm³/mol. The Morgan fingerprint density at radius 2 is 1.89 bits per heavy atom. The van der Waals surface area contributed by atoms with Crippen molar-refractivity contribution >= 4 is 41.8 Å². The van der Waals surface area contributed by atoms with Crippen LogP contribution in [0, 0.1) is 11.8 Å². The van der Waals surface area contributed by atoms with Gasteiger partial charge in [0.15, 0.2) is 5.78 Å². The van der Waals surface area contributed by atoms with E-state index in [4.69, 9.17) is 23.1 Å². The lowest BCUT2D eigenvalue weighted by molar-refractivity contribution is -0.143. The Morgan fingerprint density at radius 3 is 2.46 bits per heavy atom. The van der Waals surface area contributed by atoms with E-state index in [9.17, 15) is 19.4 Å². The Balaban J connectivity index is 2.18. The minimum Gasteiger partial charge on any atom is -0.481 e. The molecule has 4 atom stereocenters. The molecule has 0 radical (unpaired) electrons. The highest BCUT2D eigenvalue weighted by Crippen LogP contribution is 2.24. The molecule has 1 amide bonds. The van der Waals surface area contributed by atoms with Crippen LogP contribution in [0.3, 0.4) is 0 Å². The molecule has 1 heterocycles. The van der Waals surface area contributed by atoms with Gasteiger partial charge in [-0.25, -0.2) is 0 Å². The average molecular weight is 503 g/mol. The van der Waals surface area contributed by atoms with Gasteiger partial charge in [0.25, 0.3) is 0 Å². The number of carbonyl (C=O) groups is 3. The second kappa shape index (κ2) is 13.7. The predicted octanol–water partition coefficient (Wildman–Crippen LogP) is 2.08. The molecule has 1 aliphatic rings. The van der Waals surface area contributed by atoms with E-state index in [2.05, 4.69) is 19.2 Å². The SMILES string of the molecule is CB(O)[C@H](CC(C)C)NC(=S)[C@@H](CC(=O)[C@@H]1CCCN1C(=O)[C@@H](N)CC(=O)O)Cc1ccccc1. The number of hydrogen-bond acceptors (Lipinski definition) is 6. The van der Waals surface area contributed by atoms with Gasteiger partial charge in [-0.15, -0.1) is 0 Å². The van der Waals surface area contributed by atoms with Gasteiger partial charge in [0.2, 0.25) is 5.91 Å². The Morgan fingerprint density at radius 1 is 1.23 bits per heavy atom. The van der Waals surface area contributed by atoms with Crippen molar-refractivity contribution < 1.29 is 24.5 Å². The third-order valence-corrected chi connectivity index (χ3v) is 6.85. The first-order valence-corrected chi connectivity index (χ1v) is 12.7. The highest BCUT2D eigenvalue weighted by atomic mass is 32.1. The van der Waals surface area contributed by atoms with Gasteiger partial charge >= 0.3 is 12.9 Å². The number of hydrogen-bond donors (Lipinski definition) is 4. The average Bonchev–Trinajstić information content (AvgIpc) is 3.27. The number of Topliss-reactive ketones (excluding diaryl/α,β-unsaturated/α-hetero) is 1. The number of rotatable bonds is 13. The van der Waals surface area contributed by atoms with Crippen LogP contribution in [-0.2, 0) is 20.8 Å². The second-order valence-electron chi connectivity index (χ2n) is 9.94.